The van der Waals surface area contributed by atoms with E-state index in [1.54, 1.807) is 6.07 Å². The fraction of sp³-hybridized carbons (Fsp3) is 0.400. The van der Waals surface area contributed by atoms with E-state index in [1.807, 2.05) is 49.4 Å². The minimum Gasteiger partial charge on any atom is -0.481 e. The van der Waals surface area contributed by atoms with Gasteiger partial charge in [-0.3, -0.25) is 14.4 Å². The summed E-state index contributed by atoms with van der Waals surface area (Å²) in [6, 6.07) is 14.3. The number of nitrogens with one attached hydrogen (secondary N) is 2. The predicted octanol–water partition coefficient (Wildman–Crippen LogP) is 4.44. The van der Waals surface area contributed by atoms with E-state index in [1.165, 1.54) is 0 Å². The summed E-state index contributed by atoms with van der Waals surface area (Å²) in [5, 5.41) is 16.4. The van der Waals surface area contributed by atoms with Crippen LogP contribution in [0.3, 0.4) is 0 Å². The standard InChI is InChI=1S/C25H28Cl2N2O4/c1-2-28-25(33)20(11-8-15-6-9-18(26)10-7-15)23-21(16-4-3-5-19(27)12-16)13-17(14-22(30)31)24(32)29-23/h3-7,9-10,12,17,20-21,23H,2,8,11,13-14H2,1H3,(H,28,33)(H,29,32)(H,30,31)/t17-,20-,21-,23-/m1/s1. The number of hydrogen-bond acceptors (Lipinski definition) is 3. The highest BCUT2D eigenvalue weighted by Gasteiger charge is 2.43. The number of piperidine rings is 1. The number of carbonyl (C=O) groups is 3. The van der Waals surface area contributed by atoms with Gasteiger partial charge in [0.05, 0.1) is 12.3 Å². The number of hydrogen-bond donors (Lipinski definition) is 3. The second-order valence-corrected chi connectivity index (χ2v) is 9.27. The average molecular weight is 491 g/mol. The third-order valence-electron chi connectivity index (χ3n) is 6.13. The van der Waals surface area contributed by atoms with Gasteiger partial charge in [-0.25, -0.2) is 0 Å². The summed E-state index contributed by atoms with van der Waals surface area (Å²) in [6.45, 7) is 2.32. The summed E-state index contributed by atoms with van der Waals surface area (Å²) in [6.07, 6.45) is 1.22. The fourth-order valence-electron chi connectivity index (χ4n) is 4.54. The molecule has 2 aromatic rings. The topological polar surface area (TPSA) is 95.5 Å². The van der Waals surface area contributed by atoms with Crippen molar-refractivity contribution in [1.29, 1.82) is 0 Å². The number of carbonyl (C=O) groups excluding carboxylic acids is 2. The summed E-state index contributed by atoms with van der Waals surface area (Å²) in [4.78, 5) is 37.3. The Morgan fingerprint density at radius 1 is 1.15 bits per heavy atom. The van der Waals surface area contributed by atoms with Crippen molar-refractivity contribution >= 4 is 41.0 Å². The molecule has 0 spiro atoms. The van der Waals surface area contributed by atoms with Crippen molar-refractivity contribution in [2.75, 3.05) is 6.54 Å². The zero-order valence-electron chi connectivity index (χ0n) is 18.4. The van der Waals surface area contributed by atoms with Gasteiger partial charge in [-0.2, -0.15) is 0 Å². The van der Waals surface area contributed by atoms with Gasteiger partial charge in [-0.05, 0) is 61.6 Å². The Morgan fingerprint density at radius 3 is 2.52 bits per heavy atom. The lowest BCUT2D eigenvalue weighted by molar-refractivity contribution is -0.143. The highest BCUT2D eigenvalue weighted by molar-refractivity contribution is 6.30. The van der Waals surface area contributed by atoms with Crippen LogP contribution < -0.4 is 10.6 Å². The van der Waals surface area contributed by atoms with E-state index < -0.39 is 23.8 Å². The van der Waals surface area contributed by atoms with Gasteiger partial charge in [-0.1, -0.05) is 47.5 Å². The van der Waals surface area contributed by atoms with E-state index in [0.717, 1.165) is 11.1 Å². The van der Waals surface area contributed by atoms with Crippen LogP contribution in [0.15, 0.2) is 48.5 Å². The Labute approximate surface area is 203 Å². The van der Waals surface area contributed by atoms with Crippen LogP contribution in [0.2, 0.25) is 10.0 Å². The third kappa shape index (κ3) is 6.71. The molecule has 3 N–H and O–H groups in total. The Hall–Kier alpha value is -2.57. The molecule has 0 radical (unpaired) electrons. The molecule has 0 aliphatic carbocycles. The first-order valence-electron chi connectivity index (χ1n) is 11.1. The number of carboxylic acid groups (broad SMARTS) is 1. The van der Waals surface area contributed by atoms with E-state index in [0.29, 0.717) is 35.9 Å². The predicted molar refractivity (Wildman–Crippen MR) is 128 cm³/mol. The number of aliphatic carboxylic acids is 1. The molecule has 1 aliphatic heterocycles. The van der Waals surface area contributed by atoms with Crippen LogP contribution >= 0.6 is 23.2 Å². The highest BCUT2D eigenvalue weighted by Crippen LogP contribution is 2.38. The van der Waals surface area contributed by atoms with Gasteiger partial charge in [-0.15, -0.1) is 0 Å². The Kier molecular flexibility index (Phi) is 8.75. The zero-order valence-corrected chi connectivity index (χ0v) is 19.9. The maximum Gasteiger partial charge on any atom is 0.304 e. The molecule has 4 atom stereocenters. The van der Waals surface area contributed by atoms with Crippen molar-refractivity contribution in [1.82, 2.24) is 10.6 Å². The summed E-state index contributed by atoms with van der Waals surface area (Å²) in [5.74, 6) is -2.92. The second-order valence-electron chi connectivity index (χ2n) is 8.39. The molecule has 176 valence electrons. The molecule has 2 aromatic carbocycles. The number of rotatable bonds is 9. The van der Waals surface area contributed by atoms with Crippen molar-refractivity contribution in [3.05, 3.63) is 69.7 Å². The van der Waals surface area contributed by atoms with Crippen LogP contribution in [0.5, 0.6) is 0 Å². The van der Waals surface area contributed by atoms with Crippen molar-refractivity contribution in [2.45, 2.75) is 44.6 Å². The first-order valence-corrected chi connectivity index (χ1v) is 11.8. The number of aryl methyl sites for hydroxylation is 1. The SMILES string of the molecule is CCNC(=O)[C@H](CCc1ccc(Cl)cc1)[C@H]1NC(=O)[C@@H](CC(=O)O)C[C@@H]1c1cccc(Cl)c1. The minimum absolute atomic E-state index is 0.138. The molecular weight excluding hydrogens is 463 g/mol. The number of amides is 2. The van der Waals surface area contributed by atoms with Crippen LogP contribution in [0.1, 0.15) is 43.2 Å². The minimum atomic E-state index is -1.03. The van der Waals surface area contributed by atoms with Crippen LogP contribution in [0.25, 0.3) is 0 Å². The van der Waals surface area contributed by atoms with Crippen molar-refractivity contribution in [2.24, 2.45) is 11.8 Å². The van der Waals surface area contributed by atoms with Gasteiger partial charge in [0.2, 0.25) is 11.8 Å². The Bertz CT molecular complexity index is 996. The Morgan fingerprint density at radius 2 is 1.88 bits per heavy atom. The van der Waals surface area contributed by atoms with E-state index in [-0.39, 0.29) is 24.2 Å². The largest absolute Gasteiger partial charge is 0.481 e. The summed E-state index contributed by atoms with van der Waals surface area (Å²) in [5.41, 5.74) is 1.92. The molecule has 8 heteroatoms. The molecule has 0 aromatic heterocycles. The maximum absolute atomic E-state index is 13.1. The number of benzene rings is 2. The lowest BCUT2D eigenvalue weighted by atomic mass is 9.72. The molecule has 0 unspecified atom stereocenters. The van der Waals surface area contributed by atoms with Gasteiger partial charge >= 0.3 is 5.97 Å². The van der Waals surface area contributed by atoms with E-state index in [2.05, 4.69) is 10.6 Å². The monoisotopic (exact) mass is 490 g/mol. The van der Waals surface area contributed by atoms with Gasteiger partial charge in [0.25, 0.3) is 0 Å². The van der Waals surface area contributed by atoms with Gasteiger partial charge in [0.15, 0.2) is 0 Å². The van der Waals surface area contributed by atoms with Gasteiger partial charge in [0.1, 0.15) is 0 Å². The van der Waals surface area contributed by atoms with E-state index in [9.17, 15) is 19.5 Å². The van der Waals surface area contributed by atoms with E-state index >= 15 is 0 Å². The van der Waals surface area contributed by atoms with Crippen LogP contribution in [0.4, 0.5) is 0 Å². The molecule has 33 heavy (non-hydrogen) atoms. The van der Waals surface area contributed by atoms with Crippen molar-refractivity contribution in [3.63, 3.8) is 0 Å². The molecule has 3 rings (SSSR count). The summed E-state index contributed by atoms with van der Waals surface area (Å²) in [7, 11) is 0. The molecule has 1 saturated heterocycles. The fourth-order valence-corrected chi connectivity index (χ4v) is 4.87. The molecule has 1 aliphatic rings. The average Bonchev–Trinajstić information content (AvgIpc) is 2.76. The summed E-state index contributed by atoms with van der Waals surface area (Å²) < 4.78 is 0. The van der Waals surface area contributed by atoms with Crippen molar-refractivity contribution in [3.8, 4) is 0 Å². The van der Waals surface area contributed by atoms with E-state index in [4.69, 9.17) is 23.2 Å². The van der Waals surface area contributed by atoms with Crippen LogP contribution in [-0.2, 0) is 20.8 Å². The van der Waals surface area contributed by atoms with Gasteiger partial charge < -0.3 is 15.7 Å². The first-order chi connectivity index (χ1) is 15.8. The Balaban J connectivity index is 1.92. The van der Waals surface area contributed by atoms with Crippen molar-refractivity contribution < 1.29 is 19.5 Å². The first kappa shape index (κ1) is 25.1. The van der Waals surface area contributed by atoms with Crippen LogP contribution in [-0.4, -0.2) is 35.5 Å². The number of carboxylic acids is 1. The van der Waals surface area contributed by atoms with Crippen LogP contribution in [0, 0.1) is 11.8 Å². The molecule has 6 nitrogen and oxygen atoms in total. The van der Waals surface area contributed by atoms with Gasteiger partial charge in [0, 0.05) is 34.5 Å². The molecule has 0 saturated carbocycles. The third-order valence-corrected chi connectivity index (χ3v) is 6.62. The molecule has 0 bridgehead atoms. The summed E-state index contributed by atoms with van der Waals surface area (Å²) >= 11 is 12.2. The zero-order chi connectivity index (χ0) is 24.0. The molecular formula is C25H28Cl2N2O4. The number of halogens is 2. The molecule has 1 fully saturated rings. The molecule has 2 amide bonds. The molecule has 1 heterocycles. The highest BCUT2D eigenvalue weighted by atomic mass is 35.5. The normalized spacial score (nSPS) is 21.2. The second kappa shape index (κ2) is 11.5. The smallest absolute Gasteiger partial charge is 0.304 e. The lowest BCUT2D eigenvalue weighted by Crippen LogP contribution is -2.55. The lowest BCUT2D eigenvalue weighted by Gasteiger charge is -2.40. The quantitative estimate of drug-likeness (QED) is 0.483. The maximum atomic E-state index is 13.1.